The van der Waals surface area contributed by atoms with E-state index in [1.165, 1.54) is 0 Å². The summed E-state index contributed by atoms with van der Waals surface area (Å²) in [5, 5.41) is 22.5. The molecule has 0 fully saturated rings. The number of hydrogen-bond acceptors (Lipinski definition) is 4. The Bertz CT molecular complexity index is 673. The second-order valence-electron chi connectivity index (χ2n) is 4.41. The van der Waals surface area contributed by atoms with Crippen molar-refractivity contribution in [1.82, 2.24) is 9.78 Å². The molecule has 0 amide bonds. The standard InChI is InChI=1S/C15H15N5/c1-12-14(11-17)15(19(2)18-12)20(10-6-9-16)13-7-4-3-5-8-13/h3-5,7-8H,6,10H2,1-2H3. The van der Waals surface area contributed by atoms with E-state index in [1.807, 2.05) is 49.2 Å². The second kappa shape index (κ2) is 5.90. The van der Waals surface area contributed by atoms with Gasteiger partial charge in [0.25, 0.3) is 0 Å². The lowest BCUT2D eigenvalue weighted by atomic mass is 10.2. The Kier molecular flexibility index (Phi) is 4.02. The average molecular weight is 265 g/mol. The molecule has 0 atom stereocenters. The zero-order valence-corrected chi connectivity index (χ0v) is 11.5. The molecule has 2 aromatic rings. The molecule has 0 unspecified atom stereocenters. The summed E-state index contributed by atoms with van der Waals surface area (Å²) in [6.45, 7) is 2.34. The summed E-state index contributed by atoms with van der Waals surface area (Å²) in [5.41, 5.74) is 2.19. The van der Waals surface area contributed by atoms with Gasteiger partial charge >= 0.3 is 0 Å². The van der Waals surface area contributed by atoms with E-state index in [4.69, 9.17) is 5.26 Å². The molecule has 100 valence electrons. The number of hydrogen-bond donors (Lipinski definition) is 0. The number of nitriles is 2. The van der Waals surface area contributed by atoms with E-state index in [2.05, 4.69) is 17.2 Å². The van der Waals surface area contributed by atoms with Gasteiger partial charge in [-0.2, -0.15) is 15.6 Å². The van der Waals surface area contributed by atoms with Gasteiger partial charge in [0, 0.05) is 19.3 Å². The minimum absolute atomic E-state index is 0.379. The average Bonchev–Trinajstić information content (AvgIpc) is 2.75. The van der Waals surface area contributed by atoms with Crippen LogP contribution in [0.15, 0.2) is 30.3 Å². The van der Waals surface area contributed by atoms with Crippen molar-refractivity contribution in [2.24, 2.45) is 7.05 Å². The van der Waals surface area contributed by atoms with Gasteiger partial charge in [0.05, 0.1) is 18.2 Å². The van der Waals surface area contributed by atoms with Gasteiger partial charge in [0.2, 0.25) is 0 Å². The van der Waals surface area contributed by atoms with Gasteiger partial charge in [-0.15, -0.1) is 0 Å². The smallest absolute Gasteiger partial charge is 0.149 e. The molecule has 0 saturated heterocycles. The summed E-state index contributed by atoms with van der Waals surface area (Å²) in [5.74, 6) is 0.728. The molecule has 0 aliphatic heterocycles. The summed E-state index contributed by atoms with van der Waals surface area (Å²) in [6, 6.07) is 14.1. The van der Waals surface area contributed by atoms with Crippen LogP contribution in [0.1, 0.15) is 17.7 Å². The van der Waals surface area contributed by atoms with Crippen molar-refractivity contribution >= 4 is 11.5 Å². The SMILES string of the molecule is Cc1nn(C)c(N(CCC#N)c2ccccc2)c1C#N. The highest BCUT2D eigenvalue weighted by Crippen LogP contribution is 2.29. The molecule has 5 heteroatoms. The van der Waals surface area contributed by atoms with Crippen molar-refractivity contribution in [2.45, 2.75) is 13.3 Å². The lowest BCUT2D eigenvalue weighted by molar-refractivity contribution is 0.737. The number of rotatable bonds is 4. The number of nitrogens with zero attached hydrogens (tertiary/aromatic N) is 5. The zero-order chi connectivity index (χ0) is 14.5. The van der Waals surface area contributed by atoms with Crippen LogP contribution in [0.5, 0.6) is 0 Å². The number of benzene rings is 1. The highest BCUT2D eigenvalue weighted by Gasteiger charge is 2.20. The van der Waals surface area contributed by atoms with Crippen LogP contribution in [0, 0.1) is 29.6 Å². The molecule has 0 spiro atoms. The number of aromatic nitrogens is 2. The van der Waals surface area contributed by atoms with Gasteiger partial charge in [-0.25, -0.2) is 0 Å². The van der Waals surface area contributed by atoms with Gasteiger partial charge in [0.1, 0.15) is 17.5 Å². The van der Waals surface area contributed by atoms with Crippen LogP contribution < -0.4 is 4.90 Å². The molecule has 20 heavy (non-hydrogen) atoms. The molecule has 1 heterocycles. The van der Waals surface area contributed by atoms with E-state index in [0.29, 0.717) is 24.2 Å². The van der Waals surface area contributed by atoms with Gasteiger partial charge in [0.15, 0.2) is 0 Å². The third-order valence-corrected chi connectivity index (χ3v) is 3.07. The van der Waals surface area contributed by atoms with E-state index in [-0.39, 0.29) is 0 Å². The Morgan fingerprint density at radius 3 is 2.55 bits per heavy atom. The fraction of sp³-hybridized carbons (Fsp3) is 0.267. The molecular weight excluding hydrogens is 250 g/mol. The number of aryl methyl sites for hydroxylation is 2. The van der Waals surface area contributed by atoms with Crippen LogP contribution in [0.3, 0.4) is 0 Å². The topological polar surface area (TPSA) is 68.6 Å². The van der Waals surface area contributed by atoms with Gasteiger partial charge in [-0.3, -0.25) is 4.68 Å². The molecule has 0 bridgehead atoms. The van der Waals surface area contributed by atoms with E-state index in [0.717, 1.165) is 11.5 Å². The Morgan fingerprint density at radius 1 is 1.25 bits per heavy atom. The van der Waals surface area contributed by atoms with Crippen LogP contribution in [-0.4, -0.2) is 16.3 Å². The maximum absolute atomic E-state index is 9.34. The third kappa shape index (κ3) is 2.48. The van der Waals surface area contributed by atoms with E-state index in [1.54, 1.807) is 4.68 Å². The van der Waals surface area contributed by atoms with E-state index < -0.39 is 0 Å². The highest BCUT2D eigenvalue weighted by molar-refractivity contribution is 5.67. The van der Waals surface area contributed by atoms with Crippen molar-refractivity contribution in [1.29, 1.82) is 10.5 Å². The quantitative estimate of drug-likeness (QED) is 0.852. The Labute approximate surface area is 118 Å². The Morgan fingerprint density at radius 2 is 1.95 bits per heavy atom. The summed E-state index contributed by atoms with van der Waals surface area (Å²) >= 11 is 0. The molecule has 0 saturated carbocycles. The first-order chi connectivity index (χ1) is 9.69. The van der Waals surface area contributed by atoms with Crippen LogP contribution in [0.4, 0.5) is 11.5 Å². The molecule has 0 N–H and O–H groups in total. The minimum Gasteiger partial charge on any atom is -0.324 e. The predicted molar refractivity (Wildman–Crippen MR) is 76.3 cm³/mol. The fourth-order valence-electron chi connectivity index (χ4n) is 2.21. The van der Waals surface area contributed by atoms with Gasteiger partial charge in [-0.1, -0.05) is 18.2 Å². The first-order valence-corrected chi connectivity index (χ1v) is 6.32. The van der Waals surface area contributed by atoms with Crippen LogP contribution in [0.25, 0.3) is 0 Å². The Balaban J connectivity index is 2.53. The predicted octanol–water partition coefficient (Wildman–Crippen LogP) is 2.65. The van der Waals surface area contributed by atoms with Crippen molar-refractivity contribution in [2.75, 3.05) is 11.4 Å². The summed E-state index contributed by atoms with van der Waals surface area (Å²) in [6.07, 6.45) is 0.379. The molecular formula is C15H15N5. The van der Waals surface area contributed by atoms with Crippen molar-refractivity contribution in [3.8, 4) is 12.1 Å². The summed E-state index contributed by atoms with van der Waals surface area (Å²) in [7, 11) is 1.81. The highest BCUT2D eigenvalue weighted by atomic mass is 15.4. The molecule has 5 nitrogen and oxygen atoms in total. The number of para-hydroxylation sites is 1. The molecule has 0 aliphatic carbocycles. The first-order valence-electron chi connectivity index (χ1n) is 6.32. The van der Waals surface area contributed by atoms with E-state index in [9.17, 15) is 5.26 Å². The monoisotopic (exact) mass is 265 g/mol. The van der Waals surface area contributed by atoms with E-state index >= 15 is 0 Å². The summed E-state index contributed by atoms with van der Waals surface area (Å²) < 4.78 is 1.69. The normalized spacial score (nSPS) is 9.80. The van der Waals surface area contributed by atoms with Gasteiger partial charge in [-0.05, 0) is 19.1 Å². The summed E-state index contributed by atoms with van der Waals surface area (Å²) in [4.78, 5) is 1.96. The largest absolute Gasteiger partial charge is 0.324 e. The Hall–Kier alpha value is -2.79. The van der Waals surface area contributed by atoms with Crippen LogP contribution in [0.2, 0.25) is 0 Å². The third-order valence-electron chi connectivity index (χ3n) is 3.07. The first kappa shape index (κ1) is 13.6. The maximum atomic E-state index is 9.34. The van der Waals surface area contributed by atoms with Gasteiger partial charge < -0.3 is 4.90 Å². The maximum Gasteiger partial charge on any atom is 0.149 e. The van der Waals surface area contributed by atoms with Crippen molar-refractivity contribution in [3.05, 3.63) is 41.6 Å². The molecule has 1 aromatic carbocycles. The second-order valence-corrected chi connectivity index (χ2v) is 4.41. The lowest BCUT2D eigenvalue weighted by Gasteiger charge is -2.24. The number of anilines is 2. The fourth-order valence-corrected chi connectivity index (χ4v) is 2.21. The zero-order valence-electron chi connectivity index (χ0n) is 11.5. The van der Waals surface area contributed by atoms with Crippen molar-refractivity contribution in [3.63, 3.8) is 0 Å². The molecule has 0 radical (unpaired) electrons. The van der Waals surface area contributed by atoms with Crippen LogP contribution in [-0.2, 0) is 7.05 Å². The lowest BCUT2D eigenvalue weighted by Crippen LogP contribution is -2.21. The molecule has 1 aromatic heterocycles. The molecule has 2 rings (SSSR count). The van der Waals surface area contributed by atoms with Crippen LogP contribution >= 0.6 is 0 Å². The minimum atomic E-state index is 0.379. The van der Waals surface area contributed by atoms with Crippen molar-refractivity contribution < 1.29 is 0 Å². The molecule has 0 aliphatic rings.